The SMILES string of the molecule is Cc1ccc(Cn2cnc3sc4c(c3c2=O)CC[C@@H](NC(C)C)C4)cc1. The van der Waals surface area contributed by atoms with Gasteiger partial charge in [0.25, 0.3) is 5.56 Å². The molecule has 0 saturated heterocycles. The largest absolute Gasteiger partial charge is 0.311 e. The predicted octanol–water partition coefficient (Wildman–Crippen LogP) is 3.67. The predicted molar refractivity (Wildman–Crippen MR) is 108 cm³/mol. The molecular formula is C21H25N3OS. The van der Waals surface area contributed by atoms with Gasteiger partial charge in [-0.05, 0) is 37.3 Å². The molecule has 1 N–H and O–H groups in total. The Morgan fingerprint density at radius 1 is 1.31 bits per heavy atom. The Morgan fingerprint density at radius 2 is 2.08 bits per heavy atom. The molecule has 0 bridgehead atoms. The van der Waals surface area contributed by atoms with Crippen LogP contribution in [0.5, 0.6) is 0 Å². The Balaban J connectivity index is 1.68. The second kappa shape index (κ2) is 6.97. The Bertz CT molecular complexity index is 985. The van der Waals surface area contributed by atoms with E-state index >= 15 is 0 Å². The molecule has 0 amide bonds. The lowest BCUT2D eigenvalue weighted by molar-refractivity contribution is 0.425. The van der Waals surface area contributed by atoms with Crippen molar-refractivity contribution in [1.29, 1.82) is 0 Å². The monoisotopic (exact) mass is 367 g/mol. The number of hydrogen-bond acceptors (Lipinski definition) is 4. The quantitative estimate of drug-likeness (QED) is 0.765. The van der Waals surface area contributed by atoms with Gasteiger partial charge in [0.1, 0.15) is 4.83 Å². The number of benzene rings is 1. The van der Waals surface area contributed by atoms with E-state index in [0.717, 1.165) is 35.0 Å². The van der Waals surface area contributed by atoms with Gasteiger partial charge in [-0.15, -0.1) is 11.3 Å². The zero-order valence-electron chi connectivity index (χ0n) is 15.6. The number of aryl methyl sites for hydroxylation is 2. The number of nitrogens with one attached hydrogen (secondary N) is 1. The van der Waals surface area contributed by atoms with E-state index in [-0.39, 0.29) is 5.56 Å². The highest BCUT2D eigenvalue weighted by Gasteiger charge is 2.25. The number of thiophene rings is 1. The average Bonchev–Trinajstić information content (AvgIpc) is 2.97. The summed E-state index contributed by atoms with van der Waals surface area (Å²) < 4.78 is 1.75. The first kappa shape index (κ1) is 17.4. The van der Waals surface area contributed by atoms with Crippen LogP contribution in [-0.4, -0.2) is 21.6 Å². The van der Waals surface area contributed by atoms with Crippen LogP contribution in [-0.2, 0) is 19.4 Å². The van der Waals surface area contributed by atoms with Crippen molar-refractivity contribution in [3.05, 3.63) is 62.5 Å². The molecule has 0 unspecified atom stereocenters. The second-order valence-corrected chi connectivity index (χ2v) is 8.69. The molecule has 4 nitrogen and oxygen atoms in total. The molecule has 0 spiro atoms. The maximum absolute atomic E-state index is 13.1. The van der Waals surface area contributed by atoms with E-state index in [9.17, 15) is 4.79 Å². The zero-order chi connectivity index (χ0) is 18.3. The summed E-state index contributed by atoms with van der Waals surface area (Å²) in [5.41, 5.74) is 3.70. The number of fused-ring (bicyclic) bond motifs is 3. The highest BCUT2D eigenvalue weighted by Crippen LogP contribution is 2.33. The molecule has 3 aromatic rings. The summed E-state index contributed by atoms with van der Waals surface area (Å²) in [6, 6.07) is 9.32. The zero-order valence-corrected chi connectivity index (χ0v) is 16.4. The van der Waals surface area contributed by atoms with Crippen molar-refractivity contribution in [2.45, 2.75) is 58.7 Å². The first-order valence-corrected chi connectivity index (χ1v) is 10.1. The highest BCUT2D eigenvalue weighted by molar-refractivity contribution is 7.18. The minimum atomic E-state index is 0.100. The topological polar surface area (TPSA) is 46.9 Å². The minimum absolute atomic E-state index is 0.100. The molecule has 2 heterocycles. The van der Waals surface area contributed by atoms with Gasteiger partial charge in [0.15, 0.2) is 0 Å². The summed E-state index contributed by atoms with van der Waals surface area (Å²) in [4.78, 5) is 19.9. The van der Waals surface area contributed by atoms with Crippen molar-refractivity contribution in [2.24, 2.45) is 0 Å². The Labute approximate surface area is 157 Å². The van der Waals surface area contributed by atoms with Crippen molar-refractivity contribution in [3.63, 3.8) is 0 Å². The lowest BCUT2D eigenvalue weighted by Crippen LogP contribution is -2.38. The van der Waals surface area contributed by atoms with Gasteiger partial charge in [-0.25, -0.2) is 4.98 Å². The Morgan fingerprint density at radius 3 is 2.81 bits per heavy atom. The summed E-state index contributed by atoms with van der Waals surface area (Å²) >= 11 is 1.70. The van der Waals surface area contributed by atoms with Crippen LogP contribution in [0.4, 0.5) is 0 Å². The van der Waals surface area contributed by atoms with Crippen LogP contribution < -0.4 is 10.9 Å². The summed E-state index contributed by atoms with van der Waals surface area (Å²) in [5.74, 6) is 0. The van der Waals surface area contributed by atoms with Crippen molar-refractivity contribution >= 4 is 21.6 Å². The highest BCUT2D eigenvalue weighted by atomic mass is 32.1. The normalized spacial score (nSPS) is 17.0. The van der Waals surface area contributed by atoms with Gasteiger partial charge in [-0.3, -0.25) is 9.36 Å². The van der Waals surface area contributed by atoms with E-state index in [1.165, 1.54) is 16.0 Å². The molecule has 26 heavy (non-hydrogen) atoms. The van der Waals surface area contributed by atoms with Crippen molar-refractivity contribution in [3.8, 4) is 0 Å². The maximum atomic E-state index is 13.1. The smallest absolute Gasteiger partial charge is 0.262 e. The lowest BCUT2D eigenvalue weighted by atomic mass is 9.92. The van der Waals surface area contributed by atoms with Gasteiger partial charge in [0.2, 0.25) is 0 Å². The fourth-order valence-corrected chi connectivity index (χ4v) is 5.08. The Kier molecular flexibility index (Phi) is 4.67. The van der Waals surface area contributed by atoms with Gasteiger partial charge in [-0.1, -0.05) is 43.7 Å². The van der Waals surface area contributed by atoms with Gasteiger partial charge >= 0.3 is 0 Å². The van der Waals surface area contributed by atoms with E-state index in [1.54, 1.807) is 22.2 Å². The molecule has 1 aromatic carbocycles. The third kappa shape index (κ3) is 3.33. The van der Waals surface area contributed by atoms with Gasteiger partial charge < -0.3 is 5.32 Å². The number of nitrogens with zero attached hydrogens (tertiary/aromatic N) is 2. The van der Waals surface area contributed by atoms with E-state index in [0.29, 0.717) is 18.6 Å². The molecule has 5 heteroatoms. The van der Waals surface area contributed by atoms with Gasteiger partial charge in [-0.2, -0.15) is 0 Å². The molecule has 1 atom stereocenters. The van der Waals surface area contributed by atoms with E-state index < -0.39 is 0 Å². The molecule has 0 saturated carbocycles. The molecule has 1 aliphatic carbocycles. The van der Waals surface area contributed by atoms with E-state index in [1.807, 2.05) is 0 Å². The average molecular weight is 368 g/mol. The van der Waals surface area contributed by atoms with Crippen LogP contribution in [0.2, 0.25) is 0 Å². The molecule has 136 valence electrons. The van der Waals surface area contributed by atoms with E-state index in [4.69, 9.17) is 0 Å². The molecule has 4 rings (SSSR count). The van der Waals surface area contributed by atoms with Gasteiger partial charge in [0, 0.05) is 17.0 Å². The third-order valence-electron chi connectivity index (χ3n) is 5.08. The van der Waals surface area contributed by atoms with Crippen LogP contribution in [0.25, 0.3) is 10.2 Å². The molecular weight excluding hydrogens is 342 g/mol. The van der Waals surface area contributed by atoms with Gasteiger partial charge in [0.05, 0.1) is 18.3 Å². The number of aromatic nitrogens is 2. The second-order valence-electron chi connectivity index (χ2n) is 7.61. The van der Waals surface area contributed by atoms with Crippen LogP contribution >= 0.6 is 11.3 Å². The van der Waals surface area contributed by atoms with E-state index in [2.05, 4.69) is 55.3 Å². The number of hydrogen-bond donors (Lipinski definition) is 1. The fraction of sp³-hybridized carbons (Fsp3) is 0.429. The summed E-state index contributed by atoms with van der Waals surface area (Å²) in [6.07, 6.45) is 4.76. The molecule has 0 aliphatic heterocycles. The molecule has 1 aliphatic rings. The first-order chi connectivity index (χ1) is 12.5. The van der Waals surface area contributed by atoms with Crippen molar-refractivity contribution in [1.82, 2.24) is 14.9 Å². The number of rotatable bonds is 4. The molecule has 2 aromatic heterocycles. The van der Waals surface area contributed by atoms with Crippen LogP contribution in [0.15, 0.2) is 35.4 Å². The maximum Gasteiger partial charge on any atom is 0.262 e. The van der Waals surface area contributed by atoms with Crippen molar-refractivity contribution < 1.29 is 0 Å². The first-order valence-electron chi connectivity index (χ1n) is 9.32. The Hall–Kier alpha value is -1.98. The lowest BCUT2D eigenvalue weighted by Gasteiger charge is -2.25. The van der Waals surface area contributed by atoms with Crippen LogP contribution in [0.3, 0.4) is 0 Å². The van der Waals surface area contributed by atoms with Crippen LogP contribution in [0.1, 0.15) is 41.8 Å². The van der Waals surface area contributed by atoms with Crippen molar-refractivity contribution in [2.75, 3.05) is 0 Å². The molecule has 0 radical (unpaired) electrons. The fourth-order valence-electron chi connectivity index (χ4n) is 3.82. The van der Waals surface area contributed by atoms with Crippen LogP contribution in [0, 0.1) is 6.92 Å². The minimum Gasteiger partial charge on any atom is -0.311 e. The summed E-state index contributed by atoms with van der Waals surface area (Å²) in [6.45, 7) is 7.02. The standard InChI is InChI=1S/C21H25N3OS/c1-13(2)23-16-8-9-17-18(10-16)26-20-19(17)21(25)24(12-22-20)11-15-6-4-14(3)5-7-15/h4-7,12-13,16,23H,8-11H2,1-3H3/t16-/m1/s1. The molecule has 0 fully saturated rings. The third-order valence-corrected chi connectivity index (χ3v) is 6.24. The summed E-state index contributed by atoms with van der Waals surface area (Å²) in [5, 5.41) is 4.48. The summed E-state index contributed by atoms with van der Waals surface area (Å²) in [7, 11) is 0.